The minimum absolute atomic E-state index is 0.496. The summed E-state index contributed by atoms with van der Waals surface area (Å²) in [5, 5.41) is 3.43. The third-order valence-electron chi connectivity index (χ3n) is 2.72. The Hall–Kier alpha value is -1.09. The van der Waals surface area contributed by atoms with Gasteiger partial charge in [-0.05, 0) is 19.3 Å². The number of rotatable bonds is 4. The molecule has 0 radical (unpaired) electrons. The summed E-state index contributed by atoms with van der Waals surface area (Å²) in [6.07, 6.45) is 10.9. The van der Waals surface area contributed by atoms with Crippen molar-refractivity contribution in [1.82, 2.24) is 10.3 Å². The van der Waals surface area contributed by atoms with Crippen LogP contribution in [0.1, 0.15) is 37.8 Å². The largest absolute Gasteiger partial charge is 0.444 e. The molecule has 0 spiro atoms. The fourth-order valence-corrected chi connectivity index (χ4v) is 1.79. The molecule has 0 saturated heterocycles. The van der Waals surface area contributed by atoms with Crippen molar-refractivity contribution in [2.24, 2.45) is 0 Å². The highest BCUT2D eigenvalue weighted by molar-refractivity contribution is 4.99. The number of nitrogens with zero attached hydrogens (tertiary/aromatic N) is 1. The van der Waals surface area contributed by atoms with E-state index in [4.69, 9.17) is 4.42 Å². The van der Waals surface area contributed by atoms with Gasteiger partial charge in [0.25, 0.3) is 0 Å². The molecule has 1 N–H and O–H groups in total. The maximum Gasteiger partial charge on any atom is 0.208 e. The number of nitrogens with one attached hydrogen (secondary N) is 1. The first-order chi connectivity index (χ1) is 7.38. The van der Waals surface area contributed by atoms with Gasteiger partial charge < -0.3 is 9.73 Å². The van der Waals surface area contributed by atoms with Gasteiger partial charge in [-0.15, -0.1) is 0 Å². The predicted molar refractivity (Wildman–Crippen MR) is 59.5 cm³/mol. The number of hydrogen-bond donors (Lipinski definition) is 1. The smallest absolute Gasteiger partial charge is 0.208 e. The predicted octanol–water partition coefficient (Wildman–Crippen LogP) is 2.44. The van der Waals surface area contributed by atoms with Crippen LogP contribution >= 0.6 is 0 Å². The molecule has 0 amide bonds. The summed E-state index contributed by atoms with van der Waals surface area (Å²) >= 11 is 0. The lowest BCUT2D eigenvalue weighted by Crippen LogP contribution is -2.27. The number of aryl methyl sites for hydroxylation is 1. The molecule has 0 aliphatic heterocycles. The first kappa shape index (κ1) is 10.4. The van der Waals surface area contributed by atoms with Crippen LogP contribution in [0.4, 0.5) is 0 Å². The molecule has 2 rings (SSSR count). The molecule has 0 fully saturated rings. The molecule has 1 heterocycles. The lowest BCUT2D eigenvalue weighted by molar-refractivity contribution is 0.419. The van der Waals surface area contributed by atoms with E-state index in [0.717, 1.165) is 24.6 Å². The number of allylic oxidation sites excluding steroid dienone is 1. The maximum atomic E-state index is 5.53. The summed E-state index contributed by atoms with van der Waals surface area (Å²) < 4.78 is 5.53. The molecule has 3 nitrogen and oxygen atoms in total. The fraction of sp³-hybridized carbons (Fsp3) is 0.583. The lowest BCUT2D eigenvalue weighted by Gasteiger charge is -2.16. The molecule has 0 saturated carbocycles. The Morgan fingerprint density at radius 2 is 2.53 bits per heavy atom. The maximum absolute atomic E-state index is 5.53. The quantitative estimate of drug-likeness (QED) is 0.769. The van der Waals surface area contributed by atoms with Gasteiger partial charge in [0.1, 0.15) is 5.76 Å². The Morgan fingerprint density at radius 1 is 1.60 bits per heavy atom. The van der Waals surface area contributed by atoms with Crippen molar-refractivity contribution in [1.29, 1.82) is 0 Å². The van der Waals surface area contributed by atoms with Gasteiger partial charge in [0, 0.05) is 12.5 Å². The van der Waals surface area contributed by atoms with Crippen LogP contribution in [0.2, 0.25) is 0 Å². The van der Waals surface area contributed by atoms with E-state index in [2.05, 4.69) is 29.4 Å². The molecule has 82 valence electrons. The van der Waals surface area contributed by atoms with Gasteiger partial charge in [0.15, 0.2) is 0 Å². The van der Waals surface area contributed by atoms with Crippen molar-refractivity contribution in [2.45, 2.75) is 45.2 Å². The third-order valence-corrected chi connectivity index (χ3v) is 2.72. The molecule has 1 aromatic rings. The average Bonchev–Trinajstić information content (AvgIpc) is 2.76. The van der Waals surface area contributed by atoms with Crippen LogP contribution in [0.3, 0.4) is 0 Å². The average molecular weight is 206 g/mol. The Labute approximate surface area is 90.6 Å². The van der Waals surface area contributed by atoms with Gasteiger partial charge in [-0.1, -0.05) is 19.1 Å². The molecule has 15 heavy (non-hydrogen) atoms. The van der Waals surface area contributed by atoms with E-state index in [9.17, 15) is 0 Å². The summed E-state index contributed by atoms with van der Waals surface area (Å²) in [7, 11) is 0. The zero-order chi connectivity index (χ0) is 10.5. The molecule has 0 bridgehead atoms. The van der Waals surface area contributed by atoms with Crippen LogP contribution < -0.4 is 5.32 Å². The van der Waals surface area contributed by atoms with Gasteiger partial charge in [0.05, 0.1) is 12.7 Å². The van der Waals surface area contributed by atoms with E-state index < -0.39 is 0 Å². The van der Waals surface area contributed by atoms with Crippen molar-refractivity contribution < 1.29 is 4.42 Å². The molecule has 3 heteroatoms. The van der Waals surface area contributed by atoms with Crippen LogP contribution in [0.5, 0.6) is 0 Å². The van der Waals surface area contributed by atoms with Crippen LogP contribution in [0.25, 0.3) is 0 Å². The second-order valence-electron chi connectivity index (χ2n) is 3.92. The molecule has 1 unspecified atom stereocenters. The monoisotopic (exact) mass is 206 g/mol. The zero-order valence-electron chi connectivity index (χ0n) is 9.20. The van der Waals surface area contributed by atoms with E-state index in [0.29, 0.717) is 6.04 Å². The minimum Gasteiger partial charge on any atom is -0.444 e. The van der Waals surface area contributed by atoms with Crippen molar-refractivity contribution in [3.05, 3.63) is 30.0 Å². The van der Waals surface area contributed by atoms with E-state index in [1.54, 1.807) is 0 Å². The van der Waals surface area contributed by atoms with Gasteiger partial charge in [0.2, 0.25) is 5.89 Å². The fourth-order valence-electron chi connectivity index (χ4n) is 1.79. The van der Waals surface area contributed by atoms with Crippen molar-refractivity contribution in [2.75, 3.05) is 0 Å². The molecule has 1 aliphatic rings. The molecular formula is C12H18N2O. The van der Waals surface area contributed by atoms with E-state index in [-0.39, 0.29) is 0 Å². The van der Waals surface area contributed by atoms with Gasteiger partial charge in [-0.2, -0.15) is 0 Å². The van der Waals surface area contributed by atoms with Gasteiger partial charge >= 0.3 is 0 Å². The highest BCUT2D eigenvalue weighted by atomic mass is 16.4. The number of hydrogen-bond acceptors (Lipinski definition) is 3. The second kappa shape index (κ2) is 5.12. The standard InChI is InChI=1S/C12H18N2O/c1-2-11-8-14-12(15-11)9-13-10-6-4-3-5-7-10/h4,6,8,10,13H,2-3,5,7,9H2,1H3. The van der Waals surface area contributed by atoms with Gasteiger partial charge in [-0.3, -0.25) is 0 Å². The van der Waals surface area contributed by atoms with Crippen molar-refractivity contribution in [3.8, 4) is 0 Å². The van der Waals surface area contributed by atoms with Crippen molar-refractivity contribution in [3.63, 3.8) is 0 Å². The van der Waals surface area contributed by atoms with E-state index in [1.807, 2.05) is 6.20 Å². The first-order valence-electron chi connectivity index (χ1n) is 5.72. The van der Waals surface area contributed by atoms with Crippen LogP contribution in [-0.4, -0.2) is 11.0 Å². The lowest BCUT2D eigenvalue weighted by atomic mass is 10.0. The highest BCUT2D eigenvalue weighted by Crippen LogP contribution is 2.11. The molecule has 0 aromatic carbocycles. The van der Waals surface area contributed by atoms with Gasteiger partial charge in [-0.25, -0.2) is 4.98 Å². The Balaban J connectivity index is 1.81. The Morgan fingerprint density at radius 3 is 3.20 bits per heavy atom. The second-order valence-corrected chi connectivity index (χ2v) is 3.92. The number of aromatic nitrogens is 1. The summed E-state index contributed by atoms with van der Waals surface area (Å²) in [4.78, 5) is 4.22. The molecular weight excluding hydrogens is 188 g/mol. The summed E-state index contributed by atoms with van der Waals surface area (Å²) in [5.41, 5.74) is 0. The van der Waals surface area contributed by atoms with E-state index >= 15 is 0 Å². The van der Waals surface area contributed by atoms with E-state index in [1.165, 1.54) is 19.3 Å². The van der Waals surface area contributed by atoms with Crippen molar-refractivity contribution >= 4 is 0 Å². The molecule has 1 atom stereocenters. The SMILES string of the molecule is CCc1cnc(CNC2C=CCCC2)o1. The summed E-state index contributed by atoms with van der Waals surface area (Å²) in [6, 6.07) is 0.496. The molecule has 1 aliphatic carbocycles. The Bertz CT molecular complexity index is 330. The summed E-state index contributed by atoms with van der Waals surface area (Å²) in [5.74, 6) is 1.76. The highest BCUT2D eigenvalue weighted by Gasteiger charge is 2.09. The normalized spacial score (nSPS) is 20.7. The number of oxazole rings is 1. The Kier molecular flexibility index (Phi) is 3.56. The summed E-state index contributed by atoms with van der Waals surface area (Å²) in [6.45, 7) is 2.80. The van der Waals surface area contributed by atoms with Crippen LogP contribution in [0.15, 0.2) is 22.8 Å². The van der Waals surface area contributed by atoms with Crippen LogP contribution in [-0.2, 0) is 13.0 Å². The minimum atomic E-state index is 0.496. The molecule has 1 aromatic heterocycles. The topological polar surface area (TPSA) is 38.1 Å². The van der Waals surface area contributed by atoms with Crippen LogP contribution in [0, 0.1) is 0 Å². The third kappa shape index (κ3) is 2.93. The zero-order valence-corrected chi connectivity index (χ0v) is 9.20. The first-order valence-corrected chi connectivity index (χ1v) is 5.72.